The van der Waals surface area contributed by atoms with Crippen LogP contribution in [0, 0.1) is 11.8 Å². The fourth-order valence-electron chi connectivity index (χ4n) is 5.45. The van der Waals surface area contributed by atoms with Gasteiger partial charge in [-0.2, -0.15) is 0 Å². The number of nitrogens with zero attached hydrogens (tertiary/aromatic N) is 1. The zero-order valence-corrected chi connectivity index (χ0v) is 21.5. The van der Waals surface area contributed by atoms with Crippen molar-refractivity contribution in [2.75, 3.05) is 19.9 Å². The van der Waals surface area contributed by atoms with Gasteiger partial charge in [0.15, 0.2) is 0 Å². The first-order valence-corrected chi connectivity index (χ1v) is 13.4. The van der Waals surface area contributed by atoms with Crippen LogP contribution < -0.4 is 5.32 Å². The molecule has 186 valence electrons. The predicted molar refractivity (Wildman–Crippen MR) is 137 cm³/mol. The highest BCUT2D eigenvalue weighted by Crippen LogP contribution is 2.50. The van der Waals surface area contributed by atoms with E-state index in [0.717, 1.165) is 16.9 Å². The molecule has 0 aromatic heterocycles. The van der Waals surface area contributed by atoms with Gasteiger partial charge in [0.1, 0.15) is 5.54 Å². The molecule has 2 aliphatic rings. The number of methoxy groups -OCH3 is 1. The Morgan fingerprint density at radius 2 is 1.74 bits per heavy atom. The van der Waals surface area contributed by atoms with Crippen LogP contribution in [0.2, 0.25) is 0 Å². The average molecular weight is 495 g/mol. The van der Waals surface area contributed by atoms with E-state index >= 15 is 0 Å². The molecule has 2 amide bonds. The molecule has 6 nitrogen and oxygen atoms in total. The number of unbranched alkanes of at least 4 members (excludes halogenated alkanes) is 3. The highest BCUT2D eigenvalue weighted by Gasteiger charge is 2.68. The summed E-state index contributed by atoms with van der Waals surface area (Å²) in [6, 6.07) is 17.2. The van der Waals surface area contributed by atoms with Crippen LogP contribution in [0.3, 0.4) is 0 Å². The van der Waals surface area contributed by atoms with Crippen molar-refractivity contribution in [3.8, 4) is 0 Å². The Morgan fingerprint density at radius 1 is 1.03 bits per heavy atom. The average Bonchev–Trinajstić information content (AvgIpc) is 3.34. The van der Waals surface area contributed by atoms with E-state index in [2.05, 4.69) is 24.4 Å². The lowest BCUT2D eigenvalue weighted by Crippen LogP contribution is -2.57. The fourth-order valence-corrected chi connectivity index (χ4v) is 6.36. The number of likely N-dealkylation sites (tertiary alicyclic amines) is 1. The van der Waals surface area contributed by atoms with E-state index in [9.17, 15) is 14.4 Å². The lowest BCUT2D eigenvalue weighted by atomic mass is 9.76. The zero-order chi connectivity index (χ0) is 25.0. The standard InChI is InChI=1S/C28H34N2O4S/c1-4-5-6-10-17-35-21-15-13-20(14-16-21)24-22-23(26(32)30(2)25(22)31)28(29-24,27(33)34-3)18-19-11-8-7-9-12-19/h7-9,11-16,22-24,29H,4-6,10,17-18H2,1-3H3/t22?,23?,24?,28-/m1/s1. The van der Waals surface area contributed by atoms with E-state index in [1.165, 1.54) is 49.6 Å². The van der Waals surface area contributed by atoms with Gasteiger partial charge in [-0.25, -0.2) is 0 Å². The van der Waals surface area contributed by atoms with Gasteiger partial charge in [0.05, 0.1) is 18.9 Å². The lowest BCUT2D eigenvalue weighted by Gasteiger charge is -2.32. The molecule has 4 rings (SSSR count). The highest BCUT2D eigenvalue weighted by atomic mass is 32.2. The third-order valence-electron chi connectivity index (χ3n) is 7.26. The molecule has 2 aliphatic heterocycles. The molecule has 0 bridgehead atoms. The third-order valence-corrected chi connectivity index (χ3v) is 8.35. The van der Waals surface area contributed by atoms with Crippen LogP contribution in [0.15, 0.2) is 59.5 Å². The summed E-state index contributed by atoms with van der Waals surface area (Å²) in [4.78, 5) is 42.2. The van der Waals surface area contributed by atoms with E-state index in [1.54, 1.807) is 0 Å². The summed E-state index contributed by atoms with van der Waals surface area (Å²) in [6.45, 7) is 2.21. The highest BCUT2D eigenvalue weighted by molar-refractivity contribution is 7.99. The Labute approximate surface area is 211 Å². The summed E-state index contributed by atoms with van der Waals surface area (Å²) in [6.07, 6.45) is 5.19. The summed E-state index contributed by atoms with van der Waals surface area (Å²) in [5.41, 5.74) is 0.468. The van der Waals surface area contributed by atoms with Crippen LogP contribution in [0.5, 0.6) is 0 Å². The van der Waals surface area contributed by atoms with Gasteiger partial charge in [-0.05, 0) is 35.4 Å². The van der Waals surface area contributed by atoms with Crippen molar-refractivity contribution in [2.45, 2.75) is 55.5 Å². The first-order valence-electron chi connectivity index (χ1n) is 12.4. The Bertz CT molecular complexity index is 1060. The maximum absolute atomic E-state index is 13.3. The number of carbonyl (C=O) groups is 3. The molecule has 0 saturated carbocycles. The molecule has 0 aliphatic carbocycles. The Kier molecular flexibility index (Phi) is 7.97. The fraction of sp³-hybridized carbons (Fsp3) is 0.464. The molecule has 2 aromatic carbocycles. The van der Waals surface area contributed by atoms with Gasteiger partial charge in [-0.3, -0.25) is 24.6 Å². The van der Waals surface area contributed by atoms with Crippen LogP contribution in [-0.4, -0.2) is 48.1 Å². The van der Waals surface area contributed by atoms with Crippen LogP contribution >= 0.6 is 11.8 Å². The first kappa shape index (κ1) is 25.5. The molecule has 3 unspecified atom stereocenters. The van der Waals surface area contributed by atoms with Crippen molar-refractivity contribution in [1.29, 1.82) is 0 Å². The molecule has 2 fully saturated rings. The van der Waals surface area contributed by atoms with Crippen LogP contribution in [0.25, 0.3) is 0 Å². The van der Waals surface area contributed by atoms with Crippen molar-refractivity contribution in [3.05, 3.63) is 65.7 Å². The number of rotatable bonds is 10. The first-order chi connectivity index (χ1) is 16.9. The summed E-state index contributed by atoms with van der Waals surface area (Å²) in [7, 11) is 2.83. The largest absolute Gasteiger partial charge is 0.468 e. The third kappa shape index (κ3) is 4.89. The Balaban J connectivity index is 1.63. The molecule has 2 saturated heterocycles. The van der Waals surface area contributed by atoms with Crippen LogP contribution in [-0.2, 0) is 25.5 Å². The summed E-state index contributed by atoms with van der Waals surface area (Å²) in [5.74, 6) is -1.53. The van der Waals surface area contributed by atoms with Crippen molar-refractivity contribution in [3.63, 3.8) is 0 Å². The second-order valence-electron chi connectivity index (χ2n) is 9.46. The molecule has 2 heterocycles. The number of imide groups is 1. The number of fused-ring (bicyclic) bond motifs is 1. The lowest BCUT2D eigenvalue weighted by molar-refractivity contribution is -0.153. The predicted octanol–water partition coefficient (Wildman–Crippen LogP) is 4.39. The SMILES string of the molecule is CCCCCCSc1ccc(C2N[C@@](Cc3ccccc3)(C(=O)OC)C3C(=O)N(C)C(=O)C23)cc1. The smallest absolute Gasteiger partial charge is 0.327 e. The number of hydrogen-bond acceptors (Lipinski definition) is 6. The van der Waals surface area contributed by atoms with Gasteiger partial charge in [0, 0.05) is 24.4 Å². The normalized spacial score (nSPS) is 25.7. The number of amides is 2. The molecule has 35 heavy (non-hydrogen) atoms. The zero-order valence-electron chi connectivity index (χ0n) is 20.7. The number of ether oxygens (including phenoxy) is 1. The molecule has 0 radical (unpaired) electrons. The number of carbonyl (C=O) groups excluding carboxylic acids is 3. The Morgan fingerprint density at radius 3 is 2.40 bits per heavy atom. The summed E-state index contributed by atoms with van der Waals surface area (Å²) >= 11 is 1.83. The van der Waals surface area contributed by atoms with E-state index in [0.29, 0.717) is 0 Å². The second-order valence-corrected chi connectivity index (χ2v) is 10.6. The monoisotopic (exact) mass is 494 g/mol. The number of benzene rings is 2. The molecule has 4 atom stereocenters. The van der Waals surface area contributed by atoms with Gasteiger partial charge in [-0.1, -0.05) is 68.7 Å². The molecular weight excluding hydrogens is 460 g/mol. The quantitative estimate of drug-likeness (QED) is 0.229. The summed E-state index contributed by atoms with van der Waals surface area (Å²) in [5, 5.41) is 3.44. The second kappa shape index (κ2) is 11.0. The van der Waals surface area contributed by atoms with Gasteiger partial charge in [0.25, 0.3) is 0 Å². The number of thioether (sulfide) groups is 1. The molecule has 0 spiro atoms. The number of nitrogens with one attached hydrogen (secondary N) is 1. The van der Waals surface area contributed by atoms with Crippen LogP contribution in [0.1, 0.15) is 49.8 Å². The summed E-state index contributed by atoms with van der Waals surface area (Å²) < 4.78 is 5.23. The maximum Gasteiger partial charge on any atom is 0.327 e. The minimum atomic E-state index is -1.32. The number of esters is 1. The Hall–Kier alpha value is -2.64. The van der Waals surface area contributed by atoms with Gasteiger partial charge in [0.2, 0.25) is 11.8 Å². The van der Waals surface area contributed by atoms with E-state index in [4.69, 9.17) is 4.74 Å². The van der Waals surface area contributed by atoms with E-state index in [1.807, 2.05) is 54.2 Å². The molecular formula is C28H34N2O4S. The van der Waals surface area contributed by atoms with E-state index in [-0.39, 0.29) is 18.2 Å². The van der Waals surface area contributed by atoms with E-state index < -0.39 is 29.4 Å². The van der Waals surface area contributed by atoms with Crippen LogP contribution in [0.4, 0.5) is 0 Å². The van der Waals surface area contributed by atoms with Crippen molar-refractivity contribution in [1.82, 2.24) is 10.2 Å². The maximum atomic E-state index is 13.3. The van der Waals surface area contributed by atoms with Gasteiger partial charge >= 0.3 is 5.97 Å². The molecule has 7 heteroatoms. The van der Waals surface area contributed by atoms with Crippen molar-refractivity contribution in [2.24, 2.45) is 11.8 Å². The minimum absolute atomic E-state index is 0.259. The van der Waals surface area contributed by atoms with Crippen molar-refractivity contribution >= 4 is 29.5 Å². The van der Waals surface area contributed by atoms with Gasteiger partial charge < -0.3 is 4.74 Å². The van der Waals surface area contributed by atoms with Crippen molar-refractivity contribution < 1.29 is 19.1 Å². The topological polar surface area (TPSA) is 75.7 Å². The number of hydrogen-bond donors (Lipinski definition) is 1. The van der Waals surface area contributed by atoms with Gasteiger partial charge in [-0.15, -0.1) is 11.8 Å². The minimum Gasteiger partial charge on any atom is -0.468 e. The molecule has 2 aromatic rings. The molecule has 1 N–H and O–H groups in total.